The van der Waals surface area contributed by atoms with Gasteiger partial charge in [0.25, 0.3) is 5.91 Å². The highest BCUT2D eigenvalue weighted by Gasteiger charge is 2.25. The van der Waals surface area contributed by atoms with Gasteiger partial charge in [-0.15, -0.1) is 0 Å². The molecule has 2 aliphatic heterocycles. The van der Waals surface area contributed by atoms with E-state index in [9.17, 15) is 4.79 Å². The van der Waals surface area contributed by atoms with E-state index in [-0.39, 0.29) is 5.91 Å². The van der Waals surface area contributed by atoms with Crippen LogP contribution < -0.4 is 15.5 Å². The average molecular weight is 347 g/mol. The van der Waals surface area contributed by atoms with E-state index in [0.717, 1.165) is 35.6 Å². The number of rotatable bonds is 3. The lowest BCUT2D eigenvalue weighted by Gasteiger charge is -2.22. The minimum absolute atomic E-state index is 0.0528. The lowest BCUT2D eigenvalue weighted by atomic mass is 10.0. The Balaban J connectivity index is 1.50. The number of hydrogen-bond donors (Lipinski definition) is 2. The zero-order valence-corrected chi connectivity index (χ0v) is 15.2. The molecule has 2 heterocycles. The number of carbonyl (C=O) groups excluding carboxylic acids is 1. The number of amides is 1. The smallest absolute Gasteiger partial charge is 0.257 e. The second-order valence-electron chi connectivity index (χ2n) is 7.10. The molecule has 0 spiro atoms. The minimum Gasteiger partial charge on any atom is -0.372 e. The molecule has 2 aliphatic rings. The van der Waals surface area contributed by atoms with Crippen molar-refractivity contribution in [2.45, 2.75) is 32.6 Å². The molecule has 1 fully saturated rings. The molecule has 4 heteroatoms. The van der Waals surface area contributed by atoms with Crippen LogP contribution in [-0.2, 0) is 4.79 Å². The van der Waals surface area contributed by atoms with Gasteiger partial charge in [0.2, 0.25) is 0 Å². The molecule has 0 atom stereocenters. The van der Waals surface area contributed by atoms with Crippen LogP contribution >= 0.6 is 0 Å². The van der Waals surface area contributed by atoms with E-state index in [2.05, 4.69) is 39.8 Å². The Morgan fingerprint density at radius 1 is 1.00 bits per heavy atom. The molecule has 0 saturated carbocycles. The van der Waals surface area contributed by atoms with Crippen LogP contribution in [0.4, 0.5) is 17.1 Å². The minimum atomic E-state index is -0.0528. The second kappa shape index (κ2) is 7.24. The normalized spacial score (nSPS) is 18.4. The van der Waals surface area contributed by atoms with E-state index in [1.165, 1.54) is 31.4 Å². The molecule has 0 aromatic heterocycles. The molecular formula is C22H25N3O. The third-order valence-electron chi connectivity index (χ3n) is 5.26. The maximum Gasteiger partial charge on any atom is 0.257 e. The van der Waals surface area contributed by atoms with Gasteiger partial charge in [-0.1, -0.05) is 25.0 Å². The van der Waals surface area contributed by atoms with Gasteiger partial charge in [-0.05, 0) is 55.7 Å². The topological polar surface area (TPSA) is 44.4 Å². The molecule has 0 unspecified atom stereocenters. The maximum absolute atomic E-state index is 12.3. The van der Waals surface area contributed by atoms with Gasteiger partial charge in [-0.3, -0.25) is 4.79 Å². The van der Waals surface area contributed by atoms with Gasteiger partial charge in [0.1, 0.15) is 0 Å². The molecule has 2 aromatic carbocycles. The largest absolute Gasteiger partial charge is 0.372 e. The van der Waals surface area contributed by atoms with Crippen molar-refractivity contribution in [1.82, 2.24) is 0 Å². The molecule has 26 heavy (non-hydrogen) atoms. The Kier molecular flexibility index (Phi) is 4.65. The molecular weight excluding hydrogens is 322 g/mol. The summed E-state index contributed by atoms with van der Waals surface area (Å²) in [6.45, 7) is 4.32. The monoisotopic (exact) mass is 347 g/mol. The molecule has 134 valence electrons. The van der Waals surface area contributed by atoms with E-state index in [4.69, 9.17) is 0 Å². The Morgan fingerprint density at radius 3 is 2.46 bits per heavy atom. The van der Waals surface area contributed by atoms with Crippen molar-refractivity contribution in [3.63, 3.8) is 0 Å². The van der Waals surface area contributed by atoms with Crippen LogP contribution in [0, 0.1) is 6.92 Å². The number of carbonyl (C=O) groups is 1. The van der Waals surface area contributed by atoms with Gasteiger partial charge in [0.15, 0.2) is 0 Å². The summed E-state index contributed by atoms with van der Waals surface area (Å²) in [5, 5.41) is 6.21. The quantitative estimate of drug-likeness (QED) is 0.785. The predicted molar refractivity (Wildman–Crippen MR) is 109 cm³/mol. The lowest BCUT2D eigenvalue weighted by molar-refractivity contribution is -0.110. The fourth-order valence-corrected chi connectivity index (χ4v) is 3.82. The van der Waals surface area contributed by atoms with E-state index >= 15 is 0 Å². The Labute approximate surface area is 154 Å². The number of nitrogens with zero attached hydrogens (tertiary/aromatic N) is 1. The van der Waals surface area contributed by atoms with Crippen molar-refractivity contribution >= 4 is 28.5 Å². The highest BCUT2D eigenvalue weighted by Crippen LogP contribution is 2.34. The summed E-state index contributed by atoms with van der Waals surface area (Å²) in [6.07, 6.45) is 7.05. The summed E-state index contributed by atoms with van der Waals surface area (Å²) < 4.78 is 0. The molecule has 2 N–H and O–H groups in total. The van der Waals surface area contributed by atoms with Crippen LogP contribution in [0.3, 0.4) is 0 Å². The van der Waals surface area contributed by atoms with Crippen LogP contribution in [0.15, 0.2) is 48.7 Å². The van der Waals surface area contributed by atoms with Crippen molar-refractivity contribution in [2.75, 3.05) is 28.6 Å². The van der Waals surface area contributed by atoms with Crippen molar-refractivity contribution in [1.29, 1.82) is 0 Å². The van der Waals surface area contributed by atoms with E-state index < -0.39 is 0 Å². The van der Waals surface area contributed by atoms with Crippen molar-refractivity contribution < 1.29 is 4.79 Å². The Morgan fingerprint density at radius 2 is 1.73 bits per heavy atom. The first-order valence-electron chi connectivity index (χ1n) is 9.45. The maximum atomic E-state index is 12.3. The zero-order chi connectivity index (χ0) is 17.9. The van der Waals surface area contributed by atoms with E-state index in [0.29, 0.717) is 5.57 Å². The van der Waals surface area contributed by atoms with Crippen LogP contribution in [0.5, 0.6) is 0 Å². The first-order valence-corrected chi connectivity index (χ1v) is 9.45. The van der Waals surface area contributed by atoms with Crippen LogP contribution in [-0.4, -0.2) is 19.0 Å². The molecule has 2 aromatic rings. The summed E-state index contributed by atoms with van der Waals surface area (Å²) in [6, 6.07) is 14.4. The third kappa shape index (κ3) is 3.32. The second-order valence-corrected chi connectivity index (χ2v) is 7.10. The molecule has 1 amide bonds. The number of nitrogens with one attached hydrogen (secondary N) is 2. The highest BCUT2D eigenvalue weighted by molar-refractivity contribution is 6.32. The summed E-state index contributed by atoms with van der Waals surface area (Å²) in [5.74, 6) is -0.0528. The fourth-order valence-electron chi connectivity index (χ4n) is 3.82. The SMILES string of the molecule is Cc1cccc2c1C(=CNc1ccc(N3CCCCCC3)cc1)C(=O)N2. The summed E-state index contributed by atoms with van der Waals surface area (Å²) in [4.78, 5) is 14.7. The zero-order valence-electron chi connectivity index (χ0n) is 15.2. The summed E-state index contributed by atoms with van der Waals surface area (Å²) in [5.41, 5.74) is 5.95. The highest BCUT2D eigenvalue weighted by atomic mass is 16.2. The summed E-state index contributed by atoms with van der Waals surface area (Å²) in [7, 11) is 0. The third-order valence-corrected chi connectivity index (χ3v) is 5.26. The van der Waals surface area contributed by atoms with Gasteiger partial charge in [0.05, 0.1) is 5.57 Å². The van der Waals surface area contributed by atoms with Gasteiger partial charge in [-0.2, -0.15) is 0 Å². The number of hydrogen-bond acceptors (Lipinski definition) is 3. The number of benzene rings is 2. The average Bonchev–Trinajstić information content (AvgIpc) is 2.82. The lowest BCUT2D eigenvalue weighted by Crippen LogP contribution is -2.23. The number of aryl methyl sites for hydroxylation is 1. The van der Waals surface area contributed by atoms with Crippen LogP contribution in [0.1, 0.15) is 36.8 Å². The molecule has 4 nitrogen and oxygen atoms in total. The van der Waals surface area contributed by atoms with Crippen LogP contribution in [0.25, 0.3) is 5.57 Å². The van der Waals surface area contributed by atoms with E-state index in [1.807, 2.05) is 31.3 Å². The van der Waals surface area contributed by atoms with Gasteiger partial charge < -0.3 is 15.5 Å². The van der Waals surface area contributed by atoms with Crippen LogP contribution in [0.2, 0.25) is 0 Å². The molecule has 1 saturated heterocycles. The van der Waals surface area contributed by atoms with Gasteiger partial charge >= 0.3 is 0 Å². The molecule has 0 aliphatic carbocycles. The molecule has 0 radical (unpaired) electrons. The number of fused-ring (bicyclic) bond motifs is 1. The molecule has 4 rings (SSSR count). The molecule has 0 bridgehead atoms. The number of anilines is 3. The van der Waals surface area contributed by atoms with Gasteiger partial charge in [-0.25, -0.2) is 0 Å². The van der Waals surface area contributed by atoms with Crippen molar-refractivity contribution in [3.05, 3.63) is 59.8 Å². The first-order chi connectivity index (χ1) is 12.7. The summed E-state index contributed by atoms with van der Waals surface area (Å²) >= 11 is 0. The fraction of sp³-hybridized carbons (Fsp3) is 0.318. The first kappa shape index (κ1) is 16.7. The Bertz CT molecular complexity index is 831. The standard InChI is InChI=1S/C22H25N3O/c1-16-7-6-8-20-21(16)19(22(26)24-20)15-23-17-9-11-18(12-10-17)25-13-4-2-3-5-14-25/h6-12,15,23H,2-5,13-14H2,1H3,(H,24,26). The van der Waals surface area contributed by atoms with Crippen molar-refractivity contribution in [2.24, 2.45) is 0 Å². The van der Waals surface area contributed by atoms with E-state index in [1.54, 1.807) is 0 Å². The Hall–Kier alpha value is -2.75. The van der Waals surface area contributed by atoms with Crippen molar-refractivity contribution in [3.8, 4) is 0 Å². The van der Waals surface area contributed by atoms with Gasteiger partial charge in [0, 0.05) is 41.9 Å². The predicted octanol–water partition coefficient (Wildman–Crippen LogP) is 4.78.